The third-order valence-corrected chi connectivity index (χ3v) is 2.42. The highest BCUT2D eigenvalue weighted by Gasteiger charge is 2.31. The quantitative estimate of drug-likeness (QED) is 0.731. The Morgan fingerprint density at radius 2 is 2.12 bits per heavy atom. The van der Waals surface area contributed by atoms with Gasteiger partial charge in [0, 0.05) is 6.21 Å². The molecule has 0 radical (unpaired) electrons. The zero-order valence-corrected chi connectivity index (χ0v) is 9.72. The Labute approximate surface area is 96.1 Å². The second-order valence-electron chi connectivity index (χ2n) is 4.34. The zero-order valence-electron chi connectivity index (χ0n) is 9.72. The molecule has 1 heterocycles. The largest absolute Gasteiger partial charge is 0.347 e. The molecule has 1 atom stereocenters. The minimum Gasteiger partial charge on any atom is -0.347 e. The smallest absolute Gasteiger partial charge is 0.163 e. The van der Waals surface area contributed by atoms with Crippen LogP contribution >= 0.6 is 0 Å². The van der Waals surface area contributed by atoms with Crippen molar-refractivity contribution in [1.29, 1.82) is 0 Å². The maximum Gasteiger partial charge on any atom is 0.163 e. The van der Waals surface area contributed by atoms with Gasteiger partial charge >= 0.3 is 0 Å². The van der Waals surface area contributed by atoms with E-state index in [4.69, 9.17) is 9.47 Å². The van der Waals surface area contributed by atoms with E-state index in [9.17, 15) is 0 Å². The summed E-state index contributed by atoms with van der Waals surface area (Å²) in [4.78, 5) is 4.36. The van der Waals surface area contributed by atoms with Gasteiger partial charge in [-0.2, -0.15) is 0 Å². The van der Waals surface area contributed by atoms with Crippen LogP contribution < -0.4 is 0 Å². The van der Waals surface area contributed by atoms with Crippen molar-refractivity contribution >= 4 is 6.21 Å². The summed E-state index contributed by atoms with van der Waals surface area (Å²) in [6, 6.07) is 10.2. The molecule has 0 bridgehead atoms. The van der Waals surface area contributed by atoms with Gasteiger partial charge < -0.3 is 9.47 Å². The molecule has 1 aromatic carbocycles. The number of ether oxygens (including phenoxy) is 2. The van der Waals surface area contributed by atoms with E-state index in [1.54, 1.807) is 0 Å². The van der Waals surface area contributed by atoms with E-state index >= 15 is 0 Å². The number of nitrogens with zero attached hydrogens (tertiary/aromatic N) is 1. The number of rotatable bonds is 3. The molecular weight excluding hydrogens is 202 g/mol. The second-order valence-corrected chi connectivity index (χ2v) is 4.34. The van der Waals surface area contributed by atoms with Gasteiger partial charge in [0.15, 0.2) is 5.79 Å². The first-order valence-electron chi connectivity index (χ1n) is 5.51. The molecule has 0 amide bonds. The van der Waals surface area contributed by atoms with Crippen molar-refractivity contribution in [1.82, 2.24) is 0 Å². The summed E-state index contributed by atoms with van der Waals surface area (Å²) in [5.41, 5.74) is 1.21. The van der Waals surface area contributed by atoms with E-state index in [1.165, 1.54) is 5.56 Å². The first-order valence-corrected chi connectivity index (χ1v) is 5.51. The van der Waals surface area contributed by atoms with Crippen molar-refractivity contribution in [2.45, 2.75) is 32.3 Å². The highest BCUT2D eigenvalue weighted by molar-refractivity contribution is 5.63. The number of aliphatic imine (C=N–C) groups is 1. The first kappa shape index (κ1) is 11.3. The highest BCUT2D eigenvalue weighted by Crippen LogP contribution is 2.21. The van der Waals surface area contributed by atoms with Crippen LogP contribution in [-0.2, 0) is 16.0 Å². The molecule has 0 aromatic heterocycles. The maximum atomic E-state index is 5.62. The summed E-state index contributed by atoms with van der Waals surface area (Å²) in [5, 5.41) is 0. The minimum atomic E-state index is -0.469. The third kappa shape index (κ3) is 3.15. The highest BCUT2D eigenvalue weighted by atomic mass is 16.7. The lowest BCUT2D eigenvalue weighted by Gasteiger charge is -2.15. The van der Waals surface area contributed by atoms with Gasteiger partial charge in [0.1, 0.15) is 6.10 Å². The molecule has 0 spiro atoms. The summed E-state index contributed by atoms with van der Waals surface area (Å²) < 4.78 is 11.1. The minimum absolute atomic E-state index is 0.0151. The molecule has 1 aliphatic rings. The van der Waals surface area contributed by atoms with Gasteiger partial charge in [0.2, 0.25) is 0 Å². The number of hydrogen-bond acceptors (Lipinski definition) is 3. The van der Waals surface area contributed by atoms with Crippen molar-refractivity contribution in [3.63, 3.8) is 0 Å². The normalized spacial score (nSPS) is 24.0. The van der Waals surface area contributed by atoms with Crippen molar-refractivity contribution in [3.05, 3.63) is 35.9 Å². The van der Waals surface area contributed by atoms with Crippen LogP contribution in [0.5, 0.6) is 0 Å². The molecule has 16 heavy (non-hydrogen) atoms. The van der Waals surface area contributed by atoms with Crippen LogP contribution in [0.2, 0.25) is 0 Å². The average Bonchev–Trinajstić information content (AvgIpc) is 2.60. The molecule has 1 aliphatic heterocycles. The Kier molecular flexibility index (Phi) is 3.36. The van der Waals surface area contributed by atoms with E-state index in [0.717, 1.165) is 0 Å². The lowest BCUT2D eigenvalue weighted by Crippen LogP contribution is -2.21. The maximum absolute atomic E-state index is 5.62. The predicted octanol–water partition coefficient (Wildman–Crippen LogP) is 2.41. The summed E-state index contributed by atoms with van der Waals surface area (Å²) in [5.74, 6) is -0.469. The number of benzene rings is 1. The van der Waals surface area contributed by atoms with Crippen LogP contribution in [0.1, 0.15) is 19.4 Å². The van der Waals surface area contributed by atoms with Gasteiger partial charge in [-0.3, -0.25) is 4.99 Å². The molecule has 3 nitrogen and oxygen atoms in total. The molecule has 86 valence electrons. The third-order valence-electron chi connectivity index (χ3n) is 2.42. The summed E-state index contributed by atoms with van der Waals surface area (Å²) in [7, 11) is 0. The van der Waals surface area contributed by atoms with Crippen molar-refractivity contribution in [2.75, 3.05) is 6.61 Å². The van der Waals surface area contributed by atoms with Crippen LogP contribution in [-0.4, -0.2) is 24.7 Å². The summed E-state index contributed by atoms with van der Waals surface area (Å²) >= 11 is 0. The lowest BCUT2D eigenvalue weighted by atomic mass is 10.2. The molecular formula is C13H17NO2. The van der Waals surface area contributed by atoms with Crippen molar-refractivity contribution in [2.24, 2.45) is 4.99 Å². The first-order chi connectivity index (χ1) is 7.66. The molecule has 0 saturated carbocycles. The van der Waals surface area contributed by atoms with Crippen molar-refractivity contribution in [3.8, 4) is 0 Å². The van der Waals surface area contributed by atoms with Crippen molar-refractivity contribution < 1.29 is 9.47 Å². The van der Waals surface area contributed by atoms with Crippen LogP contribution in [0.4, 0.5) is 0 Å². The topological polar surface area (TPSA) is 30.8 Å². The van der Waals surface area contributed by atoms with Crippen LogP contribution in [0.15, 0.2) is 35.3 Å². The fourth-order valence-corrected chi connectivity index (χ4v) is 1.65. The average molecular weight is 219 g/mol. The molecule has 1 saturated heterocycles. The van der Waals surface area contributed by atoms with Gasteiger partial charge in [0.05, 0.1) is 13.2 Å². The Hall–Kier alpha value is -1.19. The Morgan fingerprint density at radius 1 is 1.38 bits per heavy atom. The number of hydrogen-bond donors (Lipinski definition) is 0. The summed E-state index contributed by atoms with van der Waals surface area (Å²) in [6.07, 6.45) is 1.82. The standard InChI is InChI=1S/C13H17NO2/c1-13(2)15-10-12(16-13)9-14-8-11-6-4-3-5-7-11/h3-7,9,12H,8,10H2,1-2H3/t12-/m1/s1. The molecule has 0 N–H and O–H groups in total. The van der Waals surface area contributed by atoms with Gasteiger partial charge in [0.25, 0.3) is 0 Å². The zero-order chi connectivity index (χ0) is 11.4. The SMILES string of the molecule is CC1(C)OC[C@@H](C=NCc2ccccc2)O1. The lowest BCUT2D eigenvalue weighted by molar-refractivity contribution is -0.130. The van der Waals surface area contributed by atoms with E-state index in [0.29, 0.717) is 13.2 Å². The Morgan fingerprint density at radius 3 is 2.75 bits per heavy atom. The molecule has 0 aliphatic carbocycles. The van der Waals surface area contributed by atoms with Gasteiger partial charge in [-0.05, 0) is 19.4 Å². The predicted molar refractivity (Wildman–Crippen MR) is 63.5 cm³/mol. The van der Waals surface area contributed by atoms with Gasteiger partial charge in [-0.1, -0.05) is 30.3 Å². The molecule has 3 heteroatoms. The Bertz CT molecular complexity index is 359. The van der Waals surface area contributed by atoms with E-state index < -0.39 is 5.79 Å². The van der Waals surface area contributed by atoms with Crippen LogP contribution in [0.25, 0.3) is 0 Å². The van der Waals surface area contributed by atoms with Crippen LogP contribution in [0, 0.1) is 0 Å². The van der Waals surface area contributed by atoms with Gasteiger partial charge in [-0.15, -0.1) is 0 Å². The molecule has 2 rings (SSSR count). The Balaban J connectivity index is 1.83. The van der Waals surface area contributed by atoms with E-state index in [-0.39, 0.29) is 6.10 Å². The fraction of sp³-hybridized carbons (Fsp3) is 0.462. The fourth-order valence-electron chi connectivity index (χ4n) is 1.65. The van der Waals surface area contributed by atoms with Gasteiger partial charge in [-0.25, -0.2) is 0 Å². The molecule has 1 fully saturated rings. The van der Waals surface area contributed by atoms with Crippen LogP contribution in [0.3, 0.4) is 0 Å². The molecule has 1 aromatic rings. The molecule has 0 unspecified atom stereocenters. The van der Waals surface area contributed by atoms with E-state index in [1.807, 2.05) is 38.3 Å². The second kappa shape index (κ2) is 4.76. The summed E-state index contributed by atoms with van der Waals surface area (Å²) in [6.45, 7) is 5.11. The monoisotopic (exact) mass is 219 g/mol. The van der Waals surface area contributed by atoms with E-state index in [2.05, 4.69) is 17.1 Å².